The Labute approximate surface area is 141 Å². The Morgan fingerprint density at radius 2 is 2.00 bits per heavy atom. The van der Waals surface area contributed by atoms with Gasteiger partial charge < -0.3 is 10.8 Å². The quantitative estimate of drug-likeness (QED) is 0.758. The summed E-state index contributed by atoms with van der Waals surface area (Å²) in [6.07, 6.45) is 5.48. The number of carbonyl (C=O) groups is 1. The molecule has 0 unspecified atom stereocenters. The second-order valence-electron chi connectivity index (χ2n) is 8.72. The van der Waals surface area contributed by atoms with E-state index in [0.29, 0.717) is 29.6 Å². The standard InChI is InChI=1S/C20H35NO2/c1-12(2)15-8-9-20(5,18(15)19(22)23)10-17-13(3)6-7-16(17)14(4)11-21/h12-14,16-17H,6-11,21H2,1-5H3,(H,22,23)/t13-,14+,16+,17-,20+/m1/s1. The number of carboxylic acids is 1. The highest BCUT2D eigenvalue weighted by Gasteiger charge is 2.46. The highest BCUT2D eigenvalue weighted by Crippen LogP contribution is 2.54. The average Bonchev–Trinajstić information content (AvgIpc) is 3.00. The maximum absolute atomic E-state index is 12.0. The molecule has 0 amide bonds. The highest BCUT2D eigenvalue weighted by molar-refractivity contribution is 5.90. The van der Waals surface area contributed by atoms with Gasteiger partial charge in [0.1, 0.15) is 0 Å². The van der Waals surface area contributed by atoms with Gasteiger partial charge in [-0.3, -0.25) is 0 Å². The van der Waals surface area contributed by atoms with Gasteiger partial charge in [0.25, 0.3) is 0 Å². The Kier molecular flexibility index (Phi) is 5.60. The molecule has 0 aromatic carbocycles. The Morgan fingerprint density at radius 3 is 2.52 bits per heavy atom. The fourth-order valence-corrected chi connectivity index (χ4v) is 5.28. The minimum absolute atomic E-state index is 0.165. The van der Waals surface area contributed by atoms with Gasteiger partial charge in [-0.2, -0.15) is 0 Å². The summed E-state index contributed by atoms with van der Waals surface area (Å²) >= 11 is 0. The van der Waals surface area contributed by atoms with Gasteiger partial charge in [-0.25, -0.2) is 4.79 Å². The van der Waals surface area contributed by atoms with Crippen molar-refractivity contribution in [3.8, 4) is 0 Å². The molecule has 0 spiro atoms. The minimum Gasteiger partial charge on any atom is -0.478 e. The second-order valence-corrected chi connectivity index (χ2v) is 8.72. The fourth-order valence-electron chi connectivity index (χ4n) is 5.28. The molecule has 2 rings (SSSR count). The molecule has 3 heteroatoms. The van der Waals surface area contributed by atoms with Gasteiger partial charge in [0, 0.05) is 11.0 Å². The molecule has 132 valence electrons. The van der Waals surface area contributed by atoms with E-state index in [1.165, 1.54) is 18.4 Å². The largest absolute Gasteiger partial charge is 0.478 e. The lowest BCUT2D eigenvalue weighted by molar-refractivity contribution is -0.134. The zero-order chi connectivity index (χ0) is 17.4. The molecular weight excluding hydrogens is 286 g/mol. The first-order valence-electron chi connectivity index (χ1n) is 9.38. The first-order valence-corrected chi connectivity index (χ1v) is 9.38. The van der Waals surface area contributed by atoms with Crippen molar-refractivity contribution >= 4 is 5.97 Å². The summed E-state index contributed by atoms with van der Waals surface area (Å²) < 4.78 is 0. The highest BCUT2D eigenvalue weighted by atomic mass is 16.4. The topological polar surface area (TPSA) is 63.3 Å². The van der Waals surface area contributed by atoms with Gasteiger partial charge in [0.2, 0.25) is 0 Å². The Morgan fingerprint density at radius 1 is 1.35 bits per heavy atom. The van der Waals surface area contributed by atoms with Crippen molar-refractivity contribution in [3.63, 3.8) is 0 Å². The summed E-state index contributed by atoms with van der Waals surface area (Å²) in [5.74, 6) is 2.13. The van der Waals surface area contributed by atoms with Crippen LogP contribution in [0, 0.1) is 35.0 Å². The zero-order valence-electron chi connectivity index (χ0n) is 15.6. The molecule has 0 heterocycles. The lowest BCUT2D eigenvalue weighted by Gasteiger charge is -2.35. The molecule has 2 aliphatic carbocycles. The Balaban J connectivity index is 2.28. The maximum Gasteiger partial charge on any atom is 0.332 e. The number of aliphatic carboxylic acids is 1. The minimum atomic E-state index is -0.692. The van der Waals surface area contributed by atoms with E-state index < -0.39 is 5.97 Å². The van der Waals surface area contributed by atoms with Crippen LogP contribution in [0.2, 0.25) is 0 Å². The van der Waals surface area contributed by atoms with Crippen LogP contribution in [0.4, 0.5) is 0 Å². The van der Waals surface area contributed by atoms with Crippen LogP contribution in [0.1, 0.15) is 66.7 Å². The molecular formula is C20H35NO2. The van der Waals surface area contributed by atoms with Crippen LogP contribution in [-0.2, 0) is 4.79 Å². The van der Waals surface area contributed by atoms with Gasteiger partial charge in [-0.15, -0.1) is 0 Å². The number of allylic oxidation sites excluding steroid dienone is 1. The predicted octanol–water partition coefficient (Wildman–Crippen LogP) is 4.47. The molecule has 0 bridgehead atoms. The molecule has 3 N–H and O–H groups in total. The third-order valence-corrected chi connectivity index (χ3v) is 6.81. The van der Waals surface area contributed by atoms with Crippen LogP contribution >= 0.6 is 0 Å². The second kappa shape index (κ2) is 6.96. The molecule has 0 aromatic rings. The third-order valence-electron chi connectivity index (χ3n) is 6.81. The smallest absolute Gasteiger partial charge is 0.332 e. The van der Waals surface area contributed by atoms with E-state index >= 15 is 0 Å². The van der Waals surface area contributed by atoms with Crippen molar-refractivity contribution in [3.05, 3.63) is 11.1 Å². The summed E-state index contributed by atoms with van der Waals surface area (Å²) in [4.78, 5) is 12.0. The number of rotatable bonds is 6. The molecule has 23 heavy (non-hydrogen) atoms. The molecule has 1 saturated carbocycles. The average molecular weight is 322 g/mol. The summed E-state index contributed by atoms with van der Waals surface area (Å²) in [6, 6.07) is 0. The molecule has 5 atom stereocenters. The Hall–Kier alpha value is -0.830. The molecule has 0 aliphatic heterocycles. The van der Waals surface area contributed by atoms with E-state index in [4.69, 9.17) is 5.73 Å². The van der Waals surface area contributed by atoms with Crippen molar-refractivity contribution in [2.24, 2.45) is 40.7 Å². The van der Waals surface area contributed by atoms with Crippen LogP contribution in [0.25, 0.3) is 0 Å². The van der Waals surface area contributed by atoms with Crippen molar-refractivity contribution < 1.29 is 9.90 Å². The van der Waals surface area contributed by atoms with Crippen molar-refractivity contribution in [1.82, 2.24) is 0 Å². The van der Waals surface area contributed by atoms with E-state index in [9.17, 15) is 9.90 Å². The first kappa shape index (κ1) is 18.5. The monoisotopic (exact) mass is 321 g/mol. The molecule has 0 aromatic heterocycles. The van der Waals surface area contributed by atoms with Crippen molar-refractivity contribution in [1.29, 1.82) is 0 Å². The third kappa shape index (κ3) is 3.50. The van der Waals surface area contributed by atoms with Crippen LogP contribution < -0.4 is 5.73 Å². The van der Waals surface area contributed by atoms with Gasteiger partial charge in [0.05, 0.1) is 0 Å². The van der Waals surface area contributed by atoms with Gasteiger partial charge in [0.15, 0.2) is 0 Å². The lowest BCUT2D eigenvalue weighted by atomic mass is 9.69. The molecule has 0 saturated heterocycles. The van der Waals surface area contributed by atoms with Crippen LogP contribution in [0.3, 0.4) is 0 Å². The number of hydrogen-bond donors (Lipinski definition) is 2. The van der Waals surface area contributed by atoms with E-state index in [1.54, 1.807) is 0 Å². The van der Waals surface area contributed by atoms with Gasteiger partial charge in [-0.1, -0.05) is 46.6 Å². The first-order chi connectivity index (χ1) is 10.7. The summed E-state index contributed by atoms with van der Waals surface area (Å²) in [5, 5.41) is 9.85. The molecule has 2 aliphatic rings. The fraction of sp³-hybridized carbons (Fsp3) is 0.850. The van der Waals surface area contributed by atoms with Crippen LogP contribution in [0.5, 0.6) is 0 Å². The molecule has 3 nitrogen and oxygen atoms in total. The van der Waals surface area contributed by atoms with Crippen molar-refractivity contribution in [2.45, 2.75) is 66.7 Å². The van der Waals surface area contributed by atoms with Crippen LogP contribution in [-0.4, -0.2) is 17.6 Å². The number of carboxylic acid groups (broad SMARTS) is 1. The zero-order valence-corrected chi connectivity index (χ0v) is 15.6. The molecule has 0 radical (unpaired) electrons. The lowest BCUT2D eigenvalue weighted by Crippen LogP contribution is -2.32. The van der Waals surface area contributed by atoms with E-state index in [2.05, 4.69) is 34.6 Å². The predicted molar refractivity (Wildman–Crippen MR) is 95.1 cm³/mol. The summed E-state index contributed by atoms with van der Waals surface area (Å²) in [7, 11) is 0. The maximum atomic E-state index is 12.0. The Bertz CT molecular complexity index is 482. The number of hydrogen-bond acceptors (Lipinski definition) is 2. The van der Waals surface area contributed by atoms with Gasteiger partial charge in [-0.05, 0) is 61.8 Å². The van der Waals surface area contributed by atoms with E-state index in [0.717, 1.165) is 31.4 Å². The SMILES string of the molecule is CC(C)C1=C(C(=O)O)[C@](C)(C[C@H]2[C@H]([C@@H](C)CN)CC[C@H]2C)CC1. The van der Waals surface area contributed by atoms with Crippen LogP contribution in [0.15, 0.2) is 11.1 Å². The van der Waals surface area contributed by atoms with E-state index in [-0.39, 0.29) is 5.41 Å². The number of nitrogens with two attached hydrogens (primary N) is 1. The summed E-state index contributed by atoms with van der Waals surface area (Å²) in [6.45, 7) is 11.8. The summed E-state index contributed by atoms with van der Waals surface area (Å²) in [5.41, 5.74) is 7.67. The van der Waals surface area contributed by atoms with Gasteiger partial charge >= 0.3 is 5.97 Å². The van der Waals surface area contributed by atoms with Crippen molar-refractivity contribution in [2.75, 3.05) is 6.54 Å². The normalized spacial score (nSPS) is 36.0. The van der Waals surface area contributed by atoms with E-state index in [1.807, 2.05) is 0 Å². The molecule has 1 fully saturated rings.